The molecule has 4 heteroatoms. The van der Waals surface area contributed by atoms with Crippen LogP contribution in [0.2, 0.25) is 0 Å². The van der Waals surface area contributed by atoms with Crippen LogP contribution in [-0.2, 0) is 25.5 Å². The van der Waals surface area contributed by atoms with E-state index in [-0.39, 0.29) is 25.5 Å². The molecule has 0 aliphatic rings. The summed E-state index contributed by atoms with van der Waals surface area (Å²) >= 11 is 0. The largest absolute Gasteiger partial charge is 0.501 e. The van der Waals surface area contributed by atoms with Gasteiger partial charge in [-0.2, -0.15) is 0 Å². The Morgan fingerprint density at radius 1 is 0.659 bits per heavy atom. The summed E-state index contributed by atoms with van der Waals surface area (Å²) in [4.78, 5) is 9.01. The molecule has 7 aromatic rings. The molecule has 0 N–H and O–H groups in total. The van der Waals surface area contributed by atoms with Crippen LogP contribution in [0.4, 0.5) is 0 Å². The van der Waals surface area contributed by atoms with Gasteiger partial charge in [0.2, 0.25) is 0 Å². The molecule has 3 heterocycles. The summed E-state index contributed by atoms with van der Waals surface area (Å²) in [5.41, 5.74) is 9.39. The van der Waals surface area contributed by atoms with Crippen molar-refractivity contribution in [3.63, 3.8) is 0 Å². The van der Waals surface area contributed by atoms with Crippen molar-refractivity contribution < 1.29 is 24.5 Å². The van der Waals surface area contributed by atoms with E-state index >= 15 is 0 Å². The Hall–Kier alpha value is -4.37. The first-order valence-corrected chi connectivity index (χ1v) is 14.7. The standard InChI is InChI=1S/C20H16NO.C20H18N.Ir/c1-13(2)14-10-11-21-18(12-14)17-8-5-7-16-15-6-3-4-9-19(15)22-20(16)17;1-20(2,17-11-7-4-8-12-17)18-13-14-21-19(15-18)16-9-5-3-6-10-16;/h3-7,9-13H,1-2H3;3-9,11-15H,1-2H3;/q2*-1;. The maximum Gasteiger partial charge on any atom is 0.120 e. The van der Waals surface area contributed by atoms with Crippen molar-refractivity contribution in [1.82, 2.24) is 9.97 Å². The van der Waals surface area contributed by atoms with Gasteiger partial charge in [0.25, 0.3) is 0 Å². The van der Waals surface area contributed by atoms with E-state index in [0.717, 1.165) is 44.5 Å². The fourth-order valence-electron chi connectivity index (χ4n) is 5.36. The third-order valence-electron chi connectivity index (χ3n) is 8.01. The molecule has 0 aliphatic carbocycles. The molecule has 0 saturated heterocycles. The van der Waals surface area contributed by atoms with Gasteiger partial charge in [0.05, 0.1) is 5.58 Å². The van der Waals surface area contributed by atoms with E-state index in [4.69, 9.17) is 4.42 Å². The molecule has 4 aromatic carbocycles. The second-order valence-corrected chi connectivity index (χ2v) is 11.5. The van der Waals surface area contributed by atoms with E-state index in [1.807, 2.05) is 60.9 Å². The zero-order chi connectivity index (χ0) is 29.8. The van der Waals surface area contributed by atoms with Gasteiger partial charge in [0.15, 0.2) is 0 Å². The number of hydrogen-bond acceptors (Lipinski definition) is 3. The molecule has 3 aromatic heterocycles. The summed E-state index contributed by atoms with van der Waals surface area (Å²) in [6.07, 6.45) is 3.75. The first kappa shape index (κ1) is 31.1. The van der Waals surface area contributed by atoms with Crippen LogP contribution in [0.1, 0.15) is 50.3 Å². The van der Waals surface area contributed by atoms with Crippen molar-refractivity contribution in [2.75, 3.05) is 0 Å². The molecule has 0 saturated carbocycles. The summed E-state index contributed by atoms with van der Waals surface area (Å²) in [5, 5.41) is 2.24. The topological polar surface area (TPSA) is 38.9 Å². The molecule has 0 unspecified atom stereocenters. The normalized spacial score (nSPS) is 11.2. The minimum atomic E-state index is -0.0479. The zero-order valence-electron chi connectivity index (χ0n) is 25.3. The van der Waals surface area contributed by atoms with Crippen molar-refractivity contribution in [3.05, 3.63) is 156 Å². The van der Waals surface area contributed by atoms with Crippen LogP contribution in [0.3, 0.4) is 0 Å². The van der Waals surface area contributed by atoms with Gasteiger partial charge in [-0.25, -0.2) is 0 Å². The Labute approximate surface area is 273 Å². The van der Waals surface area contributed by atoms with Crippen molar-refractivity contribution in [3.8, 4) is 22.5 Å². The van der Waals surface area contributed by atoms with E-state index < -0.39 is 0 Å². The molecule has 0 atom stereocenters. The Bertz CT molecular complexity index is 1980. The van der Waals surface area contributed by atoms with Gasteiger partial charge >= 0.3 is 0 Å². The van der Waals surface area contributed by atoms with Gasteiger partial charge in [-0.1, -0.05) is 105 Å². The average Bonchev–Trinajstić information content (AvgIpc) is 3.45. The van der Waals surface area contributed by atoms with Crippen molar-refractivity contribution >= 4 is 21.9 Å². The molecule has 1 radical (unpaired) electrons. The number of furan rings is 1. The number of benzene rings is 4. The first-order chi connectivity index (χ1) is 20.9. The van der Waals surface area contributed by atoms with Gasteiger partial charge in [-0.3, -0.25) is 0 Å². The predicted octanol–water partition coefficient (Wildman–Crippen LogP) is 10.4. The molecule has 44 heavy (non-hydrogen) atoms. The maximum atomic E-state index is 6.07. The van der Waals surface area contributed by atoms with Crippen LogP contribution in [0, 0.1) is 12.1 Å². The van der Waals surface area contributed by atoms with Gasteiger partial charge in [-0.05, 0) is 46.6 Å². The fourth-order valence-corrected chi connectivity index (χ4v) is 5.36. The molecule has 3 nitrogen and oxygen atoms in total. The second-order valence-electron chi connectivity index (χ2n) is 11.5. The zero-order valence-corrected chi connectivity index (χ0v) is 27.7. The Balaban J connectivity index is 0.000000171. The number of aromatic nitrogens is 2. The third kappa shape index (κ3) is 6.43. The summed E-state index contributed by atoms with van der Waals surface area (Å²) in [6, 6.07) is 45.6. The molecule has 0 fully saturated rings. The summed E-state index contributed by atoms with van der Waals surface area (Å²) in [6.45, 7) is 8.86. The van der Waals surface area contributed by atoms with E-state index in [0.29, 0.717) is 5.92 Å². The van der Waals surface area contributed by atoms with Crippen LogP contribution in [-0.4, -0.2) is 9.97 Å². The first-order valence-electron chi connectivity index (χ1n) is 14.7. The molecule has 0 amide bonds. The quantitative estimate of drug-likeness (QED) is 0.165. The third-order valence-corrected chi connectivity index (χ3v) is 8.01. The minimum absolute atomic E-state index is 0. The number of para-hydroxylation sites is 1. The Morgan fingerprint density at radius 2 is 1.39 bits per heavy atom. The predicted molar refractivity (Wildman–Crippen MR) is 177 cm³/mol. The fraction of sp³-hybridized carbons (Fsp3) is 0.150. The van der Waals surface area contributed by atoms with Crippen LogP contribution >= 0.6 is 0 Å². The smallest absolute Gasteiger partial charge is 0.120 e. The van der Waals surface area contributed by atoms with Crippen LogP contribution in [0.25, 0.3) is 44.5 Å². The van der Waals surface area contributed by atoms with E-state index in [1.165, 1.54) is 16.7 Å². The number of fused-ring (bicyclic) bond motifs is 3. The number of rotatable bonds is 5. The molecular formula is C40H34IrN2O-2. The van der Waals surface area contributed by atoms with E-state index in [2.05, 4.69) is 117 Å². The average molecular weight is 751 g/mol. The Morgan fingerprint density at radius 3 is 2.16 bits per heavy atom. The number of pyridine rings is 2. The molecule has 221 valence electrons. The molecule has 7 rings (SSSR count). The molecule has 0 aliphatic heterocycles. The van der Waals surface area contributed by atoms with E-state index in [9.17, 15) is 0 Å². The molecule has 0 bridgehead atoms. The maximum absolute atomic E-state index is 6.07. The van der Waals surface area contributed by atoms with Gasteiger partial charge in [0.1, 0.15) is 5.58 Å². The summed E-state index contributed by atoms with van der Waals surface area (Å²) in [7, 11) is 0. The van der Waals surface area contributed by atoms with E-state index in [1.54, 1.807) is 0 Å². The SMILES string of the molecule is CC(C)(c1ccccc1)c1ccnc(-c2[c-]cccc2)c1.CC(C)c1ccnc(-c2[c-]ccc3c2oc2ccccc23)c1.[Ir]. The van der Waals surface area contributed by atoms with Gasteiger partial charge in [-0.15, -0.1) is 54.1 Å². The van der Waals surface area contributed by atoms with Crippen LogP contribution in [0.5, 0.6) is 0 Å². The molecular weight excluding hydrogens is 717 g/mol. The van der Waals surface area contributed by atoms with Crippen molar-refractivity contribution in [2.24, 2.45) is 0 Å². The number of hydrogen-bond donors (Lipinski definition) is 0. The van der Waals surface area contributed by atoms with Crippen LogP contribution in [0.15, 0.2) is 132 Å². The van der Waals surface area contributed by atoms with Crippen molar-refractivity contribution in [2.45, 2.75) is 39.0 Å². The van der Waals surface area contributed by atoms with Crippen molar-refractivity contribution in [1.29, 1.82) is 0 Å². The summed E-state index contributed by atoms with van der Waals surface area (Å²) in [5.74, 6) is 0.469. The number of nitrogens with zero attached hydrogens (tertiary/aromatic N) is 2. The Kier molecular flexibility index (Phi) is 9.54. The summed E-state index contributed by atoms with van der Waals surface area (Å²) < 4.78 is 6.07. The monoisotopic (exact) mass is 751 g/mol. The van der Waals surface area contributed by atoms with Gasteiger partial charge in [0, 0.05) is 43.3 Å². The second kappa shape index (κ2) is 13.5. The van der Waals surface area contributed by atoms with Gasteiger partial charge < -0.3 is 14.4 Å². The van der Waals surface area contributed by atoms with Crippen LogP contribution < -0.4 is 0 Å². The minimum Gasteiger partial charge on any atom is -0.501 e. The molecule has 0 spiro atoms.